The average Bonchev–Trinajstić information content (AvgIpc) is 2.82. The maximum Gasteiger partial charge on any atom is -0.00135 e. The van der Waals surface area contributed by atoms with E-state index < -0.39 is 0 Å². The van der Waals surface area contributed by atoms with Gasteiger partial charge in [-0.3, -0.25) is 0 Å². The molecule has 1 aliphatic carbocycles. The molecule has 0 saturated carbocycles. The molecule has 2 aromatic rings. The molecule has 0 nitrogen and oxygen atoms in total. The summed E-state index contributed by atoms with van der Waals surface area (Å²) in [5.41, 5.74) is 5.75. The van der Waals surface area contributed by atoms with Crippen LogP contribution in [0.1, 0.15) is 11.1 Å². The smallest absolute Gasteiger partial charge is 0.00135 e. The van der Waals surface area contributed by atoms with Gasteiger partial charge in [-0.15, -0.1) is 25.7 Å². The highest BCUT2D eigenvalue weighted by Gasteiger charge is 2.15. The fourth-order valence-corrected chi connectivity index (χ4v) is 2.08. The van der Waals surface area contributed by atoms with Crippen LogP contribution in [-0.2, 0) is 6.42 Å². The van der Waals surface area contributed by atoms with Gasteiger partial charge in [0.05, 0.1) is 0 Å². The number of hydrogen-bond donors (Lipinski definition) is 0. The van der Waals surface area contributed by atoms with Gasteiger partial charge < -0.3 is 0 Å². The maximum absolute atomic E-state index is 4.00. The second-order valence-electron chi connectivity index (χ2n) is 3.49. The number of hydrogen-bond acceptors (Lipinski definition) is 0. The Morgan fingerprint density at radius 3 is 1.35 bits per heavy atom. The third-order valence-corrected chi connectivity index (χ3v) is 2.71. The topological polar surface area (TPSA) is 0 Å². The van der Waals surface area contributed by atoms with Crippen LogP contribution in [-0.4, -0.2) is 0 Å². The van der Waals surface area contributed by atoms with Gasteiger partial charge in [-0.25, -0.2) is 0 Å². The van der Waals surface area contributed by atoms with Gasteiger partial charge in [0, 0.05) is 0 Å². The Hall–Kier alpha value is -2.44. The van der Waals surface area contributed by atoms with Gasteiger partial charge in [0.25, 0.3) is 0 Å². The molecule has 0 aliphatic heterocycles. The lowest BCUT2D eigenvalue weighted by molar-refractivity contribution is 1.26. The number of rotatable bonds is 0. The Balaban J connectivity index is 0.000000330. The minimum atomic E-state index is 1.10. The monoisotopic (exact) mass is 218 g/mol. The van der Waals surface area contributed by atoms with E-state index in [0.29, 0.717) is 0 Å². The molecule has 0 heteroatoms. The summed E-state index contributed by atoms with van der Waals surface area (Å²) in [5.74, 6) is 0. The first-order valence-corrected chi connectivity index (χ1v) is 5.28. The van der Waals surface area contributed by atoms with Crippen molar-refractivity contribution in [3.8, 4) is 36.8 Å². The van der Waals surface area contributed by atoms with Crippen LogP contribution in [0.2, 0.25) is 0 Å². The van der Waals surface area contributed by atoms with Crippen molar-refractivity contribution in [3.05, 3.63) is 59.7 Å². The van der Waals surface area contributed by atoms with Crippen LogP contribution in [0.15, 0.2) is 48.5 Å². The second-order valence-corrected chi connectivity index (χ2v) is 3.49. The van der Waals surface area contributed by atoms with Crippen molar-refractivity contribution >= 4 is 0 Å². The Labute approximate surface area is 103 Å². The molecule has 0 unspecified atom stereocenters. The molecule has 3 rings (SSSR count). The van der Waals surface area contributed by atoms with Crippen molar-refractivity contribution in [3.63, 3.8) is 0 Å². The molecule has 0 bridgehead atoms. The van der Waals surface area contributed by atoms with E-state index in [9.17, 15) is 0 Å². The molecule has 17 heavy (non-hydrogen) atoms. The van der Waals surface area contributed by atoms with E-state index in [4.69, 9.17) is 0 Å². The second kappa shape index (κ2) is 6.21. The third kappa shape index (κ3) is 2.39. The molecule has 1 aliphatic rings. The van der Waals surface area contributed by atoms with Gasteiger partial charge in [0.15, 0.2) is 0 Å². The van der Waals surface area contributed by atoms with Crippen molar-refractivity contribution < 1.29 is 0 Å². The normalized spacial score (nSPS) is 9.65. The molecular formula is C17H14. The Morgan fingerprint density at radius 1 is 0.588 bits per heavy atom. The minimum absolute atomic E-state index is 1.10. The molecule has 0 spiro atoms. The predicted octanol–water partition coefficient (Wildman–Crippen LogP) is 3.76. The zero-order valence-corrected chi connectivity index (χ0v) is 9.64. The Bertz CT molecular complexity index is 480. The van der Waals surface area contributed by atoms with Crippen LogP contribution in [0.3, 0.4) is 0 Å². The SMILES string of the molecule is C#C.C#C.c1ccc2c(c1)Cc1ccccc1-2. The highest BCUT2D eigenvalue weighted by atomic mass is 14.2. The molecule has 0 heterocycles. The fraction of sp³-hybridized carbons (Fsp3) is 0.0588. The Morgan fingerprint density at radius 2 is 0.941 bits per heavy atom. The van der Waals surface area contributed by atoms with Crippen LogP contribution in [0.5, 0.6) is 0 Å². The molecular weight excluding hydrogens is 204 g/mol. The lowest BCUT2D eigenvalue weighted by Crippen LogP contribution is -1.77. The van der Waals surface area contributed by atoms with Crippen LogP contribution in [0.25, 0.3) is 11.1 Å². The summed E-state index contributed by atoms with van der Waals surface area (Å²) >= 11 is 0. The molecule has 0 atom stereocenters. The molecule has 0 radical (unpaired) electrons. The lowest BCUT2D eigenvalue weighted by Gasteiger charge is -1.98. The standard InChI is InChI=1S/C13H10.2C2H2/c1-3-7-12-10(5-1)9-11-6-2-4-8-13(11)12;2*1-2/h1-8H,9H2;2*1-2H. The maximum atomic E-state index is 4.00. The largest absolute Gasteiger partial charge is 0.124 e. The summed E-state index contributed by atoms with van der Waals surface area (Å²) < 4.78 is 0. The first-order valence-electron chi connectivity index (χ1n) is 5.28. The van der Waals surface area contributed by atoms with E-state index in [1.54, 1.807) is 0 Å². The van der Waals surface area contributed by atoms with Gasteiger partial charge in [-0.1, -0.05) is 48.5 Å². The van der Waals surface area contributed by atoms with E-state index in [1.165, 1.54) is 22.3 Å². The quantitative estimate of drug-likeness (QED) is 0.504. The van der Waals surface area contributed by atoms with Crippen LogP contribution in [0.4, 0.5) is 0 Å². The first kappa shape index (κ1) is 12.6. The number of terminal acetylenes is 2. The minimum Gasteiger partial charge on any atom is -0.124 e. The van der Waals surface area contributed by atoms with E-state index in [2.05, 4.69) is 74.2 Å². The highest BCUT2D eigenvalue weighted by Crippen LogP contribution is 2.35. The van der Waals surface area contributed by atoms with Crippen molar-refractivity contribution in [2.24, 2.45) is 0 Å². The van der Waals surface area contributed by atoms with E-state index in [0.717, 1.165) is 6.42 Å². The number of benzene rings is 2. The Kier molecular flexibility index (Phi) is 4.61. The zero-order chi connectivity index (χ0) is 12.7. The van der Waals surface area contributed by atoms with Crippen LogP contribution in [0, 0.1) is 25.7 Å². The van der Waals surface area contributed by atoms with Gasteiger partial charge in [-0.2, -0.15) is 0 Å². The summed E-state index contributed by atoms with van der Waals surface area (Å²) in [7, 11) is 0. The summed E-state index contributed by atoms with van der Waals surface area (Å²) in [6.07, 6.45) is 17.1. The molecule has 0 saturated heterocycles. The van der Waals surface area contributed by atoms with Crippen molar-refractivity contribution in [2.75, 3.05) is 0 Å². The van der Waals surface area contributed by atoms with Gasteiger partial charge in [0.1, 0.15) is 0 Å². The summed E-state index contributed by atoms with van der Waals surface area (Å²) in [5, 5.41) is 0. The highest BCUT2D eigenvalue weighted by molar-refractivity contribution is 5.76. The molecule has 0 aromatic heterocycles. The third-order valence-electron chi connectivity index (χ3n) is 2.71. The van der Waals surface area contributed by atoms with Gasteiger partial charge in [-0.05, 0) is 28.7 Å². The zero-order valence-electron chi connectivity index (χ0n) is 9.64. The van der Waals surface area contributed by atoms with Crippen molar-refractivity contribution in [2.45, 2.75) is 6.42 Å². The fourth-order valence-electron chi connectivity index (χ4n) is 2.08. The van der Waals surface area contributed by atoms with E-state index >= 15 is 0 Å². The van der Waals surface area contributed by atoms with E-state index in [1.807, 2.05) is 0 Å². The van der Waals surface area contributed by atoms with Gasteiger partial charge in [0.2, 0.25) is 0 Å². The summed E-state index contributed by atoms with van der Waals surface area (Å²) in [4.78, 5) is 0. The molecule has 2 aromatic carbocycles. The van der Waals surface area contributed by atoms with Gasteiger partial charge >= 0.3 is 0 Å². The van der Waals surface area contributed by atoms with Crippen molar-refractivity contribution in [1.29, 1.82) is 0 Å². The van der Waals surface area contributed by atoms with Crippen LogP contribution >= 0.6 is 0 Å². The van der Waals surface area contributed by atoms with E-state index in [-0.39, 0.29) is 0 Å². The summed E-state index contributed by atoms with van der Waals surface area (Å²) in [6.45, 7) is 0. The summed E-state index contributed by atoms with van der Waals surface area (Å²) in [6, 6.07) is 17.3. The molecule has 0 fully saturated rings. The molecule has 82 valence electrons. The van der Waals surface area contributed by atoms with Crippen LogP contribution < -0.4 is 0 Å². The lowest BCUT2D eigenvalue weighted by atomic mass is 10.1. The predicted molar refractivity (Wildman–Crippen MR) is 74.5 cm³/mol. The van der Waals surface area contributed by atoms with Crippen molar-refractivity contribution in [1.82, 2.24) is 0 Å². The molecule has 0 N–H and O–H groups in total. The molecule has 0 amide bonds. The average molecular weight is 218 g/mol. The first-order chi connectivity index (χ1) is 8.45. The number of fused-ring (bicyclic) bond motifs is 3.